The average Bonchev–Trinajstić information content (AvgIpc) is 3.01. The summed E-state index contributed by atoms with van der Waals surface area (Å²) in [5, 5.41) is 2.43. The molecule has 1 N–H and O–H groups in total. The minimum atomic E-state index is -4.63. The van der Waals surface area contributed by atoms with Crippen LogP contribution in [0.25, 0.3) is 6.08 Å². The lowest BCUT2D eigenvalue weighted by Crippen LogP contribution is -2.19. The van der Waals surface area contributed by atoms with Crippen molar-refractivity contribution in [1.29, 1.82) is 0 Å². The monoisotopic (exact) mass is 442 g/mol. The fourth-order valence-corrected chi connectivity index (χ4v) is 3.59. The van der Waals surface area contributed by atoms with Crippen molar-refractivity contribution in [2.24, 2.45) is 4.99 Å². The zero-order valence-electron chi connectivity index (χ0n) is 15.1. The Kier molecular flexibility index (Phi) is 6.09. The molecule has 2 aromatic rings. The molecule has 10 heteroatoms. The summed E-state index contributed by atoms with van der Waals surface area (Å²) in [5.41, 5.74) is -0.752. The molecule has 0 aliphatic carbocycles. The van der Waals surface area contributed by atoms with E-state index in [4.69, 9.17) is 21.1 Å². The number of hydrogen-bond acceptors (Lipinski definition) is 5. The van der Waals surface area contributed by atoms with Gasteiger partial charge in [0.15, 0.2) is 16.7 Å². The molecule has 0 radical (unpaired) electrons. The van der Waals surface area contributed by atoms with Gasteiger partial charge in [-0.15, -0.1) is 0 Å². The minimum Gasteiger partial charge on any atom is -0.493 e. The van der Waals surface area contributed by atoms with Crippen molar-refractivity contribution in [2.75, 3.05) is 14.2 Å². The smallest absolute Gasteiger partial charge is 0.418 e. The van der Waals surface area contributed by atoms with E-state index in [2.05, 4.69) is 10.3 Å². The zero-order valence-corrected chi connectivity index (χ0v) is 16.7. The number of benzene rings is 2. The van der Waals surface area contributed by atoms with Crippen molar-refractivity contribution >= 4 is 46.2 Å². The van der Waals surface area contributed by atoms with Gasteiger partial charge in [-0.05, 0) is 42.1 Å². The van der Waals surface area contributed by atoms with Crippen molar-refractivity contribution < 1.29 is 27.4 Å². The van der Waals surface area contributed by atoms with Crippen LogP contribution in [0.3, 0.4) is 0 Å². The summed E-state index contributed by atoms with van der Waals surface area (Å²) in [4.78, 5) is 16.5. The van der Waals surface area contributed by atoms with Crippen LogP contribution in [0.1, 0.15) is 11.1 Å². The highest BCUT2D eigenvalue weighted by Crippen LogP contribution is 2.39. The Morgan fingerprint density at radius 1 is 1.17 bits per heavy atom. The molecule has 0 unspecified atom stereocenters. The molecule has 1 saturated heterocycles. The molecule has 29 heavy (non-hydrogen) atoms. The SMILES string of the molecule is COc1cccc(/C=C2/SC(=Nc3ccc(Cl)cc3C(F)(F)F)NC2=O)c1OC. The molecule has 0 bridgehead atoms. The number of amides is 1. The first kappa shape index (κ1) is 21.1. The molecular weight excluding hydrogens is 429 g/mol. The number of nitrogens with one attached hydrogen (secondary N) is 1. The van der Waals surface area contributed by atoms with Crippen LogP contribution in [0.2, 0.25) is 5.02 Å². The Morgan fingerprint density at radius 2 is 1.93 bits per heavy atom. The molecular formula is C19H14ClF3N2O3S. The number of carbonyl (C=O) groups is 1. The first-order chi connectivity index (χ1) is 13.7. The van der Waals surface area contributed by atoms with Gasteiger partial charge < -0.3 is 14.8 Å². The summed E-state index contributed by atoms with van der Waals surface area (Å²) >= 11 is 6.59. The van der Waals surface area contributed by atoms with E-state index in [1.165, 1.54) is 20.3 Å². The molecule has 1 aliphatic rings. The van der Waals surface area contributed by atoms with Gasteiger partial charge in [0.1, 0.15) is 0 Å². The highest BCUT2D eigenvalue weighted by atomic mass is 35.5. The Labute approximate surface area is 173 Å². The zero-order chi connectivity index (χ0) is 21.2. The van der Waals surface area contributed by atoms with E-state index in [0.29, 0.717) is 17.1 Å². The molecule has 1 aliphatic heterocycles. The van der Waals surface area contributed by atoms with Crippen molar-refractivity contribution in [2.45, 2.75) is 6.18 Å². The second-order valence-corrected chi connectivity index (χ2v) is 7.19. The van der Waals surface area contributed by atoms with Gasteiger partial charge in [-0.1, -0.05) is 23.7 Å². The van der Waals surface area contributed by atoms with Gasteiger partial charge in [0.25, 0.3) is 5.91 Å². The number of aliphatic imine (C=N–C) groups is 1. The van der Waals surface area contributed by atoms with Crippen LogP contribution in [0.15, 0.2) is 46.3 Å². The number of para-hydroxylation sites is 1. The predicted octanol–water partition coefficient (Wildman–Crippen LogP) is 5.27. The molecule has 3 rings (SSSR count). The molecule has 5 nitrogen and oxygen atoms in total. The molecule has 2 aromatic carbocycles. The van der Waals surface area contributed by atoms with E-state index in [1.807, 2.05) is 0 Å². The summed E-state index contributed by atoms with van der Waals surface area (Å²) in [5.74, 6) is 0.426. The van der Waals surface area contributed by atoms with E-state index in [1.54, 1.807) is 24.3 Å². The number of thioether (sulfide) groups is 1. The Hall–Kier alpha value is -2.65. The topological polar surface area (TPSA) is 59.9 Å². The molecule has 1 fully saturated rings. The molecule has 1 amide bonds. The van der Waals surface area contributed by atoms with Crippen LogP contribution in [-0.2, 0) is 11.0 Å². The summed E-state index contributed by atoms with van der Waals surface area (Å²) in [6, 6.07) is 8.39. The van der Waals surface area contributed by atoms with E-state index in [-0.39, 0.29) is 20.8 Å². The number of methoxy groups -OCH3 is 2. The number of halogens is 4. The predicted molar refractivity (Wildman–Crippen MR) is 107 cm³/mol. The minimum absolute atomic E-state index is 0.0240. The normalized spacial score (nSPS) is 17.0. The van der Waals surface area contributed by atoms with E-state index >= 15 is 0 Å². The van der Waals surface area contributed by atoms with Gasteiger partial charge in [-0.2, -0.15) is 13.2 Å². The largest absolute Gasteiger partial charge is 0.493 e. The van der Waals surface area contributed by atoms with Crippen LogP contribution < -0.4 is 14.8 Å². The van der Waals surface area contributed by atoms with E-state index in [0.717, 1.165) is 23.9 Å². The lowest BCUT2D eigenvalue weighted by Gasteiger charge is -2.10. The molecule has 0 spiro atoms. The third-order valence-corrected chi connectivity index (χ3v) is 5.00. The maximum Gasteiger partial charge on any atom is 0.418 e. The fourth-order valence-electron chi connectivity index (χ4n) is 2.59. The number of amidine groups is 1. The van der Waals surface area contributed by atoms with Crippen molar-refractivity contribution in [1.82, 2.24) is 5.32 Å². The number of rotatable bonds is 4. The van der Waals surface area contributed by atoms with Gasteiger partial charge in [0.2, 0.25) is 0 Å². The van der Waals surface area contributed by atoms with Gasteiger partial charge in [0.05, 0.1) is 30.4 Å². The van der Waals surface area contributed by atoms with Gasteiger partial charge >= 0.3 is 6.18 Å². The van der Waals surface area contributed by atoms with Crippen LogP contribution in [0, 0.1) is 0 Å². The third kappa shape index (κ3) is 4.68. The third-order valence-electron chi connectivity index (χ3n) is 3.86. The summed E-state index contributed by atoms with van der Waals surface area (Å²) in [6.45, 7) is 0. The average molecular weight is 443 g/mol. The highest BCUT2D eigenvalue weighted by molar-refractivity contribution is 8.18. The van der Waals surface area contributed by atoms with Gasteiger partial charge in [-0.25, -0.2) is 4.99 Å². The van der Waals surface area contributed by atoms with Crippen LogP contribution in [-0.4, -0.2) is 25.3 Å². The molecule has 0 aromatic heterocycles. The van der Waals surface area contributed by atoms with Crippen LogP contribution >= 0.6 is 23.4 Å². The Morgan fingerprint density at radius 3 is 2.59 bits per heavy atom. The van der Waals surface area contributed by atoms with Gasteiger partial charge in [-0.3, -0.25) is 4.79 Å². The van der Waals surface area contributed by atoms with E-state index < -0.39 is 17.6 Å². The van der Waals surface area contributed by atoms with Crippen LogP contribution in [0.5, 0.6) is 11.5 Å². The van der Waals surface area contributed by atoms with Crippen molar-refractivity contribution in [3.05, 3.63) is 57.5 Å². The molecule has 0 atom stereocenters. The van der Waals surface area contributed by atoms with E-state index in [9.17, 15) is 18.0 Å². The molecule has 0 saturated carbocycles. The molecule has 152 valence electrons. The molecule has 1 heterocycles. The van der Waals surface area contributed by atoms with Crippen molar-refractivity contribution in [3.8, 4) is 11.5 Å². The quantitative estimate of drug-likeness (QED) is 0.655. The first-order valence-corrected chi connectivity index (χ1v) is 9.29. The maximum absolute atomic E-state index is 13.2. The fraction of sp³-hybridized carbons (Fsp3) is 0.158. The number of carbonyl (C=O) groups excluding carboxylic acids is 1. The number of nitrogens with zero attached hydrogens (tertiary/aromatic N) is 1. The van der Waals surface area contributed by atoms with Gasteiger partial charge in [0, 0.05) is 10.6 Å². The maximum atomic E-state index is 13.2. The Balaban J connectivity index is 1.95. The van der Waals surface area contributed by atoms with Crippen molar-refractivity contribution in [3.63, 3.8) is 0 Å². The highest BCUT2D eigenvalue weighted by Gasteiger charge is 2.34. The van der Waals surface area contributed by atoms with Crippen LogP contribution in [0.4, 0.5) is 18.9 Å². The summed E-state index contributed by atoms with van der Waals surface area (Å²) < 4.78 is 50.3. The summed E-state index contributed by atoms with van der Waals surface area (Å²) in [7, 11) is 2.95. The number of hydrogen-bond donors (Lipinski definition) is 1. The lowest BCUT2D eigenvalue weighted by molar-refractivity contribution is -0.137. The number of alkyl halides is 3. The lowest BCUT2D eigenvalue weighted by atomic mass is 10.1. The second kappa shape index (κ2) is 8.38. The standard InChI is InChI=1S/C19H14ClF3N2O3S/c1-27-14-5-3-4-10(16(14)28-2)8-15-17(26)25-18(29-15)24-13-7-6-11(20)9-12(13)19(21,22)23/h3-9H,1-2H3,(H,24,25,26)/b15-8+. The summed E-state index contributed by atoms with van der Waals surface area (Å²) in [6.07, 6.45) is -3.08. The Bertz CT molecular complexity index is 1020. The first-order valence-electron chi connectivity index (χ1n) is 8.10. The second-order valence-electron chi connectivity index (χ2n) is 5.72. The number of ether oxygens (including phenoxy) is 2.